The zero-order valence-corrected chi connectivity index (χ0v) is 11.0. The molecule has 0 heterocycles. The Kier molecular flexibility index (Phi) is 5.97. The van der Waals surface area contributed by atoms with Crippen molar-refractivity contribution in [1.29, 1.82) is 0 Å². The molecule has 0 spiro atoms. The van der Waals surface area contributed by atoms with Gasteiger partial charge in [0.25, 0.3) is 0 Å². The van der Waals surface area contributed by atoms with Crippen molar-refractivity contribution in [3.8, 4) is 0 Å². The van der Waals surface area contributed by atoms with Crippen LogP contribution in [0.3, 0.4) is 0 Å². The third kappa shape index (κ3) is 8.68. The van der Waals surface area contributed by atoms with E-state index < -0.39 is 11.3 Å². The highest BCUT2D eigenvalue weighted by Gasteiger charge is 2.20. The van der Waals surface area contributed by atoms with Gasteiger partial charge in [0, 0.05) is 6.42 Å². The van der Waals surface area contributed by atoms with E-state index >= 15 is 0 Å². The molecule has 0 aromatic rings. The molecule has 4 heteroatoms. The lowest BCUT2D eigenvalue weighted by molar-refractivity contribution is -0.154. The molecule has 0 aliphatic rings. The van der Waals surface area contributed by atoms with Gasteiger partial charge in [0.2, 0.25) is 0 Å². The fourth-order valence-corrected chi connectivity index (χ4v) is 1.54. The maximum absolute atomic E-state index is 11.4. The second kappa shape index (κ2) is 6.21. The van der Waals surface area contributed by atoms with Crippen molar-refractivity contribution < 1.29 is 9.53 Å². The fourth-order valence-electron chi connectivity index (χ4n) is 1.54. The maximum atomic E-state index is 11.4. The molecular formula is C12H26N2O2. The Bertz CT molecular complexity index is 220. The van der Waals surface area contributed by atoms with Crippen LogP contribution >= 0.6 is 0 Å². The van der Waals surface area contributed by atoms with Crippen molar-refractivity contribution in [3.05, 3.63) is 0 Å². The van der Waals surface area contributed by atoms with E-state index in [4.69, 9.17) is 16.2 Å². The van der Waals surface area contributed by atoms with Gasteiger partial charge in [-0.1, -0.05) is 13.3 Å². The number of rotatable bonds is 6. The van der Waals surface area contributed by atoms with E-state index in [1.165, 1.54) is 0 Å². The van der Waals surface area contributed by atoms with Crippen LogP contribution in [0.5, 0.6) is 0 Å². The topological polar surface area (TPSA) is 78.3 Å². The van der Waals surface area contributed by atoms with E-state index in [1.807, 2.05) is 27.7 Å². The molecule has 0 bridgehead atoms. The smallest absolute Gasteiger partial charge is 0.306 e. The molecule has 4 nitrogen and oxygen atoms in total. The van der Waals surface area contributed by atoms with Gasteiger partial charge in [-0.05, 0) is 40.0 Å². The summed E-state index contributed by atoms with van der Waals surface area (Å²) in [6, 6.07) is 0. The van der Waals surface area contributed by atoms with E-state index in [9.17, 15) is 4.79 Å². The minimum Gasteiger partial charge on any atom is -0.460 e. The normalized spacial score (nSPS) is 12.6. The Morgan fingerprint density at radius 2 is 1.75 bits per heavy atom. The summed E-state index contributed by atoms with van der Waals surface area (Å²) in [4.78, 5) is 11.4. The third-order valence-corrected chi connectivity index (χ3v) is 2.16. The van der Waals surface area contributed by atoms with Gasteiger partial charge < -0.3 is 16.2 Å². The number of hydrogen-bond donors (Lipinski definition) is 2. The van der Waals surface area contributed by atoms with Crippen molar-refractivity contribution in [3.63, 3.8) is 0 Å². The van der Waals surface area contributed by atoms with Gasteiger partial charge in [-0.2, -0.15) is 0 Å². The zero-order valence-electron chi connectivity index (χ0n) is 11.0. The Hall–Kier alpha value is -0.610. The number of carbonyl (C=O) groups excluding carboxylic acids is 1. The summed E-state index contributed by atoms with van der Waals surface area (Å²) in [7, 11) is 0. The molecule has 0 aliphatic heterocycles. The predicted molar refractivity (Wildman–Crippen MR) is 65.7 cm³/mol. The largest absolute Gasteiger partial charge is 0.460 e. The maximum Gasteiger partial charge on any atom is 0.306 e. The first-order valence-electron chi connectivity index (χ1n) is 5.96. The van der Waals surface area contributed by atoms with Crippen molar-refractivity contribution in [2.45, 2.75) is 71.1 Å². The van der Waals surface area contributed by atoms with Gasteiger partial charge in [0.05, 0.1) is 5.66 Å². The Labute approximate surface area is 98.7 Å². The summed E-state index contributed by atoms with van der Waals surface area (Å²) in [6.45, 7) is 7.62. The highest BCUT2D eigenvalue weighted by Crippen LogP contribution is 2.14. The second-order valence-corrected chi connectivity index (χ2v) is 5.42. The van der Waals surface area contributed by atoms with Crippen molar-refractivity contribution in [2.75, 3.05) is 0 Å². The molecule has 4 N–H and O–H groups in total. The van der Waals surface area contributed by atoms with Crippen LogP contribution in [0.1, 0.15) is 59.8 Å². The standard InChI is InChI=1S/C12H26N2O2/c1-5-8-12(13,14)9-6-7-10(15)16-11(2,3)4/h5-9,13-14H2,1-4H3. The van der Waals surface area contributed by atoms with Crippen LogP contribution in [-0.2, 0) is 9.53 Å². The average molecular weight is 230 g/mol. The summed E-state index contributed by atoms with van der Waals surface area (Å²) in [5.74, 6) is -0.181. The molecule has 0 unspecified atom stereocenters. The second-order valence-electron chi connectivity index (χ2n) is 5.42. The Balaban J connectivity index is 3.78. The van der Waals surface area contributed by atoms with E-state index in [0.717, 1.165) is 12.8 Å². The van der Waals surface area contributed by atoms with Gasteiger partial charge in [0.15, 0.2) is 0 Å². The van der Waals surface area contributed by atoms with Gasteiger partial charge in [0.1, 0.15) is 5.60 Å². The molecule has 0 saturated carbocycles. The molecule has 0 fully saturated rings. The summed E-state index contributed by atoms with van der Waals surface area (Å²) in [5, 5.41) is 0. The summed E-state index contributed by atoms with van der Waals surface area (Å²) < 4.78 is 5.19. The lowest BCUT2D eigenvalue weighted by atomic mass is 9.99. The lowest BCUT2D eigenvalue weighted by Gasteiger charge is -2.24. The molecular weight excluding hydrogens is 204 g/mol. The van der Waals surface area contributed by atoms with Crippen molar-refractivity contribution >= 4 is 5.97 Å². The summed E-state index contributed by atoms with van der Waals surface area (Å²) >= 11 is 0. The van der Waals surface area contributed by atoms with Gasteiger partial charge >= 0.3 is 5.97 Å². The van der Waals surface area contributed by atoms with Crippen LogP contribution in [0.25, 0.3) is 0 Å². The number of esters is 1. The molecule has 16 heavy (non-hydrogen) atoms. The van der Waals surface area contributed by atoms with Crippen LogP contribution < -0.4 is 11.5 Å². The molecule has 0 radical (unpaired) electrons. The van der Waals surface area contributed by atoms with Crippen LogP contribution in [0.2, 0.25) is 0 Å². The highest BCUT2D eigenvalue weighted by atomic mass is 16.6. The first-order chi connectivity index (χ1) is 7.16. The average Bonchev–Trinajstić information content (AvgIpc) is 1.99. The molecule has 0 saturated heterocycles. The van der Waals surface area contributed by atoms with Gasteiger partial charge in [-0.3, -0.25) is 4.79 Å². The Morgan fingerprint density at radius 3 is 2.19 bits per heavy atom. The van der Waals surface area contributed by atoms with Crippen molar-refractivity contribution in [2.24, 2.45) is 11.5 Å². The number of carbonyl (C=O) groups is 1. The van der Waals surface area contributed by atoms with E-state index in [0.29, 0.717) is 19.3 Å². The van der Waals surface area contributed by atoms with Gasteiger partial charge in [-0.15, -0.1) is 0 Å². The van der Waals surface area contributed by atoms with Crippen LogP contribution in [0.4, 0.5) is 0 Å². The summed E-state index contributed by atoms with van der Waals surface area (Å²) in [5.41, 5.74) is 10.7. The zero-order chi connectivity index (χ0) is 12.8. The Morgan fingerprint density at radius 1 is 1.19 bits per heavy atom. The summed E-state index contributed by atoms with van der Waals surface area (Å²) in [6.07, 6.45) is 3.46. The highest BCUT2D eigenvalue weighted by molar-refractivity contribution is 5.69. The minimum atomic E-state index is -0.642. The first kappa shape index (κ1) is 15.4. The molecule has 0 aromatic heterocycles. The number of nitrogens with two attached hydrogens (primary N) is 2. The van der Waals surface area contributed by atoms with E-state index in [2.05, 4.69) is 0 Å². The fraction of sp³-hybridized carbons (Fsp3) is 0.917. The predicted octanol–water partition coefficient (Wildman–Crippen LogP) is 1.91. The van der Waals surface area contributed by atoms with Crippen LogP contribution in [-0.4, -0.2) is 17.2 Å². The van der Waals surface area contributed by atoms with Crippen LogP contribution in [0, 0.1) is 0 Å². The number of hydrogen-bond acceptors (Lipinski definition) is 4. The minimum absolute atomic E-state index is 0.181. The molecule has 0 aromatic carbocycles. The van der Waals surface area contributed by atoms with E-state index in [1.54, 1.807) is 0 Å². The molecule has 96 valence electrons. The lowest BCUT2D eigenvalue weighted by Crippen LogP contribution is -2.49. The third-order valence-electron chi connectivity index (χ3n) is 2.16. The van der Waals surface area contributed by atoms with E-state index in [-0.39, 0.29) is 5.97 Å². The number of ether oxygens (including phenoxy) is 1. The quantitative estimate of drug-likeness (QED) is 0.539. The van der Waals surface area contributed by atoms with Crippen LogP contribution in [0.15, 0.2) is 0 Å². The first-order valence-corrected chi connectivity index (χ1v) is 5.96. The van der Waals surface area contributed by atoms with Crippen molar-refractivity contribution in [1.82, 2.24) is 0 Å². The molecule has 0 atom stereocenters. The molecule has 0 rings (SSSR count). The van der Waals surface area contributed by atoms with Gasteiger partial charge in [-0.25, -0.2) is 0 Å². The molecule has 0 aliphatic carbocycles. The monoisotopic (exact) mass is 230 g/mol. The molecule has 0 amide bonds. The SMILES string of the molecule is CCCC(N)(N)CCCC(=O)OC(C)(C)C.